The molecule has 0 heterocycles. The zero-order valence-corrected chi connectivity index (χ0v) is 17.7. The van der Waals surface area contributed by atoms with E-state index in [1.165, 1.54) is 39.0 Å². The van der Waals surface area contributed by atoms with E-state index in [0.717, 1.165) is 24.7 Å². The maximum Gasteiger partial charge on any atom is 0.515 e. The van der Waals surface area contributed by atoms with E-state index < -0.39 is 21.4 Å². The highest BCUT2D eigenvalue weighted by atomic mass is 16.7. The van der Waals surface area contributed by atoms with Gasteiger partial charge in [-0.05, 0) is 31.1 Å². The first-order chi connectivity index (χ1) is 12.6. The molecule has 158 valence electrons. The summed E-state index contributed by atoms with van der Waals surface area (Å²) in [6.45, 7) is 10.4. The monoisotopic (exact) mass is 386 g/mol. The fourth-order valence-corrected chi connectivity index (χ4v) is 3.59. The van der Waals surface area contributed by atoms with Gasteiger partial charge in [0, 0.05) is 0 Å². The number of carbonyl (C=O) groups excluding carboxylic acids is 1. The standard InChI is InChI=1S/C20H38N2O5/c1-16(2)9-6-10-17(3)11-7-12-18(4)13-8-14-19(5)20(15-23,21(24)25)22(26)27/h15-19H,6-14H2,1-5H3. The predicted molar refractivity (Wildman–Crippen MR) is 107 cm³/mol. The van der Waals surface area contributed by atoms with Gasteiger partial charge in [-0.15, -0.1) is 0 Å². The molecule has 0 radical (unpaired) electrons. The van der Waals surface area contributed by atoms with Crippen molar-refractivity contribution in [3.8, 4) is 0 Å². The molecule has 0 aromatic carbocycles. The van der Waals surface area contributed by atoms with Gasteiger partial charge in [0.1, 0.15) is 15.8 Å². The van der Waals surface area contributed by atoms with Crippen molar-refractivity contribution in [3.63, 3.8) is 0 Å². The Hall–Kier alpha value is -1.53. The molecule has 3 atom stereocenters. The third kappa shape index (κ3) is 8.80. The average Bonchev–Trinajstić information content (AvgIpc) is 2.54. The van der Waals surface area contributed by atoms with Gasteiger partial charge in [0.15, 0.2) is 0 Å². The van der Waals surface area contributed by atoms with Gasteiger partial charge in [-0.3, -0.25) is 25.0 Å². The van der Waals surface area contributed by atoms with E-state index in [1.54, 1.807) is 0 Å². The van der Waals surface area contributed by atoms with Crippen LogP contribution in [0.1, 0.15) is 92.4 Å². The molecule has 0 saturated heterocycles. The summed E-state index contributed by atoms with van der Waals surface area (Å²) in [5.74, 6) is 1.07. The highest BCUT2D eigenvalue weighted by Crippen LogP contribution is 2.27. The van der Waals surface area contributed by atoms with Crippen LogP contribution >= 0.6 is 0 Å². The molecule has 3 unspecified atom stereocenters. The quantitative estimate of drug-likeness (QED) is 0.150. The van der Waals surface area contributed by atoms with E-state index in [-0.39, 0.29) is 6.29 Å². The Kier molecular flexibility index (Phi) is 12.1. The molecule has 0 spiro atoms. The molecular formula is C20H38N2O5. The lowest BCUT2D eigenvalue weighted by Gasteiger charge is -2.19. The predicted octanol–water partition coefficient (Wildman–Crippen LogP) is 5.51. The fourth-order valence-electron chi connectivity index (χ4n) is 3.59. The van der Waals surface area contributed by atoms with Crippen LogP contribution in [0.3, 0.4) is 0 Å². The third-order valence-electron chi connectivity index (χ3n) is 5.69. The smallest absolute Gasteiger partial charge is 0.287 e. The van der Waals surface area contributed by atoms with Gasteiger partial charge in [0.25, 0.3) is 6.29 Å². The average molecular weight is 387 g/mol. The molecule has 0 amide bonds. The summed E-state index contributed by atoms with van der Waals surface area (Å²) in [7, 11) is 0. The number of nitrogens with zero attached hydrogens (tertiary/aromatic N) is 2. The number of rotatable bonds is 16. The van der Waals surface area contributed by atoms with Gasteiger partial charge in [-0.1, -0.05) is 79.1 Å². The number of hydrogen-bond acceptors (Lipinski definition) is 5. The minimum atomic E-state index is -2.71. The number of nitro groups is 2. The van der Waals surface area contributed by atoms with Crippen LogP contribution in [0.25, 0.3) is 0 Å². The maximum absolute atomic E-state index is 11.1. The van der Waals surface area contributed by atoms with Crippen molar-refractivity contribution in [2.75, 3.05) is 0 Å². The zero-order valence-electron chi connectivity index (χ0n) is 17.7. The second-order valence-corrected chi connectivity index (χ2v) is 8.71. The van der Waals surface area contributed by atoms with Gasteiger partial charge in [-0.2, -0.15) is 0 Å². The van der Waals surface area contributed by atoms with Crippen LogP contribution in [-0.4, -0.2) is 21.8 Å². The third-order valence-corrected chi connectivity index (χ3v) is 5.69. The molecule has 0 aliphatic heterocycles. The molecule has 0 fully saturated rings. The lowest BCUT2D eigenvalue weighted by Crippen LogP contribution is -2.53. The second-order valence-electron chi connectivity index (χ2n) is 8.71. The molecule has 0 saturated carbocycles. The SMILES string of the molecule is CC(C)CCCC(C)CCCC(C)CCCC(C)C(C=O)([N+](=O)[O-])[N+](=O)[O-]. The van der Waals surface area contributed by atoms with E-state index in [9.17, 15) is 25.0 Å². The van der Waals surface area contributed by atoms with Crippen LogP contribution in [0.5, 0.6) is 0 Å². The topological polar surface area (TPSA) is 103 Å². The van der Waals surface area contributed by atoms with Gasteiger partial charge < -0.3 is 0 Å². The molecule has 0 aromatic heterocycles. The first-order valence-corrected chi connectivity index (χ1v) is 10.3. The van der Waals surface area contributed by atoms with Crippen LogP contribution in [0.4, 0.5) is 0 Å². The van der Waals surface area contributed by atoms with Crippen molar-refractivity contribution < 1.29 is 14.6 Å². The van der Waals surface area contributed by atoms with Gasteiger partial charge >= 0.3 is 5.66 Å². The van der Waals surface area contributed by atoms with Crippen molar-refractivity contribution in [1.82, 2.24) is 0 Å². The molecule has 27 heavy (non-hydrogen) atoms. The Morgan fingerprint density at radius 3 is 1.44 bits per heavy atom. The first-order valence-electron chi connectivity index (χ1n) is 10.3. The Labute approximate surface area is 163 Å². The molecule has 0 aromatic rings. The van der Waals surface area contributed by atoms with Crippen LogP contribution in [0, 0.1) is 43.9 Å². The summed E-state index contributed by atoms with van der Waals surface area (Å²) >= 11 is 0. The van der Waals surface area contributed by atoms with Gasteiger partial charge in [-0.25, -0.2) is 0 Å². The Balaban J connectivity index is 4.15. The fraction of sp³-hybridized carbons (Fsp3) is 0.950. The largest absolute Gasteiger partial charge is 0.515 e. The Morgan fingerprint density at radius 1 is 0.741 bits per heavy atom. The van der Waals surface area contributed by atoms with Crippen LogP contribution in [0.15, 0.2) is 0 Å². The van der Waals surface area contributed by atoms with E-state index in [1.807, 2.05) is 0 Å². The molecule has 0 aliphatic carbocycles. The van der Waals surface area contributed by atoms with Crippen molar-refractivity contribution >= 4 is 6.29 Å². The molecule has 0 bridgehead atoms. The number of aldehydes is 1. The van der Waals surface area contributed by atoms with Crippen LogP contribution in [-0.2, 0) is 4.79 Å². The summed E-state index contributed by atoms with van der Waals surface area (Å²) in [5, 5.41) is 22.2. The lowest BCUT2D eigenvalue weighted by atomic mass is 9.88. The first kappa shape index (κ1) is 25.5. The number of carbonyl (C=O) groups is 1. The van der Waals surface area contributed by atoms with Crippen molar-refractivity contribution in [3.05, 3.63) is 20.2 Å². The van der Waals surface area contributed by atoms with E-state index >= 15 is 0 Å². The summed E-state index contributed by atoms with van der Waals surface area (Å²) in [5.41, 5.74) is -2.71. The maximum atomic E-state index is 11.1. The van der Waals surface area contributed by atoms with E-state index in [4.69, 9.17) is 0 Å². The summed E-state index contributed by atoms with van der Waals surface area (Å²) in [6.07, 6.45) is 9.05. The molecule has 7 nitrogen and oxygen atoms in total. The summed E-state index contributed by atoms with van der Waals surface area (Å²) in [4.78, 5) is 31.1. The van der Waals surface area contributed by atoms with Crippen molar-refractivity contribution in [2.24, 2.45) is 23.7 Å². The van der Waals surface area contributed by atoms with Gasteiger partial charge in [0.2, 0.25) is 0 Å². The Bertz CT molecular complexity index is 453. The number of hydrogen-bond donors (Lipinski definition) is 0. The summed E-state index contributed by atoms with van der Waals surface area (Å²) in [6, 6.07) is 0. The van der Waals surface area contributed by atoms with Gasteiger partial charge in [0.05, 0.1) is 0 Å². The molecule has 7 heteroatoms. The highest BCUT2D eigenvalue weighted by Gasteiger charge is 2.61. The zero-order chi connectivity index (χ0) is 21.0. The minimum Gasteiger partial charge on any atom is -0.287 e. The summed E-state index contributed by atoms with van der Waals surface area (Å²) < 4.78 is 0. The molecule has 0 aliphatic rings. The molecule has 0 N–H and O–H groups in total. The van der Waals surface area contributed by atoms with E-state index in [2.05, 4.69) is 27.7 Å². The van der Waals surface area contributed by atoms with Crippen molar-refractivity contribution in [1.29, 1.82) is 0 Å². The Morgan fingerprint density at radius 2 is 1.11 bits per heavy atom. The van der Waals surface area contributed by atoms with E-state index in [0.29, 0.717) is 18.8 Å². The van der Waals surface area contributed by atoms with Crippen LogP contribution < -0.4 is 0 Å². The molecule has 0 rings (SSSR count). The van der Waals surface area contributed by atoms with Crippen molar-refractivity contribution in [2.45, 2.75) is 98.1 Å². The van der Waals surface area contributed by atoms with Crippen LogP contribution in [0.2, 0.25) is 0 Å². The lowest BCUT2D eigenvalue weighted by molar-refractivity contribution is -0.782. The normalized spacial score (nSPS) is 15.3. The second kappa shape index (κ2) is 12.8. The highest BCUT2D eigenvalue weighted by molar-refractivity contribution is 5.59. The minimum absolute atomic E-state index is 0.123. The molecular weight excluding hydrogens is 348 g/mol.